The second kappa shape index (κ2) is 11.5. The van der Waals surface area contributed by atoms with Crippen LogP contribution in [0.1, 0.15) is 112 Å². The first-order chi connectivity index (χ1) is 21.0. The Morgan fingerprint density at radius 3 is 2.41 bits per heavy atom. The highest BCUT2D eigenvalue weighted by Gasteiger charge is 2.66. The molecule has 2 heterocycles. The van der Waals surface area contributed by atoms with Gasteiger partial charge in [0.05, 0.1) is 11.0 Å². The van der Waals surface area contributed by atoms with Crippen LogP contribution in [0.15, 0.2) is 29.4 Å². The zero-order valence-corrected chi connectivity index (χ0v) is 29.3. The Morgan fingerprint density at radius 1 is 0.909 bits per heavy atom. The topological polar surface area (TPSA) is 63.1 Å². The summed E-state index contributed by atoms with van der Waals surface area (Å²) in [5.41, 5.74) is 8.19. The number of alkyl halides is 1. The molecule has 4 aliphatic carbocycles. The van der Waals surface area contributed by atoms with Gasteiger partial charge in [0.25, 0.3) is 0 Å². The summed E-state index contributed by atoms with van der Waals surface area (Å²) in [6.07, 6.45) is 14.1. The van der Waals surface area contributed by atoms with Crippen molar-refractivity contribution in [3.63, 3.8) is 0 Å². The Hall–Kier alpha value is -1.79. The lowest BCUT2D eigenvalue weighted by molar-refractivity contribution is -0.134. The van der Waals surface area contributed by atoms with Gasteiger partial charge in [-0.2, -0.15) is 10.1 Å². The van der Waals surface area contributed by atoms with Crippen molar-refractivity contribution in [1.82, 2.24) is 15.0 Å². The smallest absolute Gasteiger partial charge is 0.207 e. The van der Waals surface area contributed by atoms with Gasteiger partial charge in [0, 0.05) is 17.0 Å². The van der Waals surface area contributed by atoms with Gasteiger partial charge in [0.1, 0.15) is 0 Å². The van der Waals surface area contributed by atoms with Crippen LogP contribution in [0.4, 0.5) is 5.13 Å². The first-order valence-corrected chi connectivity index (χ1v) is 18.8. The number of halogens is 1. The van der Waals surface area contributed by atoms with Gasteiger partial charge in [0.15, 0.2) is 10.5 Å². The second-order valence-electron chi connectivity index (χ2n) is 16.3. The number of thiazole rings is 1. The number of hydrogen-bond acceptors (Lipinski definition) is 6. The van der Waals surface area contributed by atoms with E-state index in [1.165, 1.54) is 57.1 Å². The van der Waals surface area contributed by atoms with E-state index in [2.05, 4.69) is 47.0 Å². The van der Waals surface area contributed by atoms with Gasteiger partial charge in [-0.15, -0.1) is 11.6 Å². The summed E-state index contributed by atoms with van der Waals surface area (Å²) < 4.78 is 0. The van der Waals surface area contributed by atoms with Crippen molar-refractivity contribution in [1.29, 1.82) is 0 Å². The number of rotatable bonds is 7. The molecule has 44 heavy (non-hydrogen) atoms. The molecule has 0 saturated heterocycles. The Kier molecular flexibility index (Phi) is 8.04. The van der Waals surface area contributed by atoms with Gasteiger partial charge in [-0.3, -0.25) is 5.43 Å². The minimum atomic E-state index is 0.238. The Balaban J connectivity index is 1.19. The summed E-state index contributed by atoms with van der Waals surface area (Å²) in [5, 5.41) is 6.28. The van der Waals surface area contributed by atoms with Gasteiger partial charge in [-0.05, 0) is 109 Å². The maximum absolute atomic E-state index is 6.92. The third-order valence-electron chi connectivity index (χ3n) is 13.4. The predicted molar refractivity (Wildman–Crippen MR) is 186 cm³/mol. The van der Waals surface area contributed by atoms with E-state index in [0.717, 1.165) is 69.8 Å². The summed E-state index contributed by atoms with van der Waals surface area (Å²) in [6.45, 7) is 15.3. The first kappa shape index (κ1) is 30.8. The number of nitrogens with one attached hydrogen (secondary N) is 1. The highest BCUT2D eigenvalue weighted by molar-refractivity contribution is 7.21. The molecule has 4 saturated carbocycles. The zero-order chi connectivity index (χ0) is 30.9. The molecule has 0 amide bonds. The Labute approximate surface area is 273 Å². The molecule has 0 bridgehead atoms. The molecule has 5 nitrogen and oxygen atoms in total. The summed E-state index contributed by atoms with van der Waals surface area (Å²) in [6, 6.07) is 8.02. The van der Waals surface area contributed by atoms with E-state index in [9.17, 15) is 0 Å². The van der Waals surface area contributed by atoms with Crippen LogP contribution in [0.25, 0.3) is 21.5 Å². The molecule has 3 aromatic rings. The van der Waals surface area contributed by atoms with Crippen LogP contribution in [0, 0.1) is 51.8 Å². The number of fused-ring (bicyclic) bond motifs is 7. The lowest BCUT2D eigenvalue weighted by Gasteiger charge is -2.66. The summed E-state index contributed by atoms with van der Waals surface area (Å²) >= 11 is 8.47. The van der Waals surface area contributed by atoms with Crippen LogP contribution in [-0.4, -0.2) is 26.0 Å². The predicted octanol–water partition coefficient (Wildman–Crippen LogP) is 10.7. The van der Waals surface area contributed by atoms with Crippen LogP contribution in [0.2, 0.25) is 0 Å². The van der Waals surface area contributed by atoms with Crippen LogP contribution in [0.3, 0.4) is 0 Å². The van der Waals surface area contributed by atoms with Crippen molar-refractivity contribution in [3.8, 4) is 0 Å². The molecule has 0 aliphatic heterocycles. The minimum absolute atomic E-state index is 0.238. The van der Waals surface area contributed by atoms with E-state index in [-0.39, 0.29) is 16.2 Å². The van der Waals surface area contributed by atoms with Gasteiger partial charge in [-0.25, -0.2) is 9.97 Å². The van der Waals surface area contributed by atoms with E-state index in [1.807, 2.05) is 24.3 Å². The van der Waals surface area contributed by atoms with E-state index in [1.54, 1.807) is 11.3 Å². The molecule has 2 aromatic heterocycles. The Morgan fingerprint density at radius 2 is 1.64 bits per heavy atom. The number of hydrogen-bond donors (Lipinski definition) is 1. The first-order valence-electron chi connectivity index (χ1n) is 17.5. The minimum Gasteiger partial charge on any atom is -0.253 e. The van der Waals surface area contributed by atoms with Crippen LogP contribution >= 0.6 is 22.9 Å². The summed E-state index contributed by atoms with van der Waals surface area (Å²) in [7, 11) is 0. The third kappa shape index (κ3) is 5.09. The van der Waals surface area contributed by atoms with Gasteiger partial charge < -0.3 is 0 Å². The molecule has 238 valence electrons. The molecule has 4 fully saturated rings. The van der Waals surface area contributed by atoms with Crippen LogP contribution in [0.5, 0.6) is 0 Å². The molecule has 0 spiro atoms. The molecular weight excluding hydrogens is 582 g/mol. The van der Waals surface area contributed by atoms with Crippen molar-refractivity contribution in [2.75, 3.05) is 5.43 Å². The Bertz CT molecular complexity index is 1500. The number of para-hydroxylation sites is 2. The second-order valence-corrected chi connectivity index (χ2v) is 17.9. The highest BCUT2D eigenvalue weighted by Crippen LogP contribution is 2.72. The number of anilines is 1. The molecule has 0 unspecified atom stereocenters. The number of benzene rings is 1. The number of aromatic nitrogens is 3. The summed E-state index contributed by atoms with van der Waals surface area (Å²) in [5.74, 6) is 4.39. The summed E-state index contributed by atoms with van der Waals surface area (Å²) in [4.78, 5) is 15.3. The maximum atomic E-state index is 6.92. The number of nitrogens with zero attached hydrogens (tertiary/aromatic N) is 4. The van der Waals surface area contributed by atoms with Crippen LogP contribution in [-0.2, 0) is 0 Å². The SMILES string of the molecule is CC(C)CCC[C@@H](C)[C@H]1CC[C@H]2[C@]3(C)C/C(=N/Nc4nc5nc6ccccc6nc5s4)[C@H]4C[C@@H](Cl)CC[C@]4(C)[C@H]3CC[C@@]21C. The van der Waals surface area contributed by atoms with Crippen molar-refractivity contribution in [2.45, 2.75) is 118 Å². The molecule has 1 aromatic carbocycles. The molecule has 0 radical (unpaired) electrons. The average molecular weight is 634 g/mol. The lowest BCUT2D eigenvalue weighted by atomic mass is 9.39. The fourth-order valence-corrected chi connectivity index (χ4v) is 12.4. The van der Waals surface area contributed by atoms with Gasteiger partial charge in [0.2, 0.25) is 5.13 Å². The zero-order valence-electron chi connectivity index (χ0n) is 27.7. The maximum Gasteiger partial charge on any atom is 0.207 e. The monoisotopic (exact) mass is 633 g/mol. The van der Waals surface area contributed by atoms with Crippen molar-refractivity contribution < 1.29 is 0 Å². The van der Waals surface area contributed by atoms with E-state index >= 15 is 0 Å². The molecule has 4 aliphatic rings. The fraction of sp³-hybridized carbons (Fsp3) is 0.730. The largest absolute Gasteiger partial charge is 0.253 e. The standard InChI is InChI=1S/C37H52ClN5S/c1-22(2)10-9-11-23(3)25-14-15-30-35(25,4)19-17-31-36(5)18-16-24(38)20-26(36)29(21-37(30,31)6)42-43-34-41-32-33(44-34)40-28-13-8-7-12-27(28)39-32/h7-8,12-13,22-26,30-31H,9-11,14-21H2,1-6H3,(H,39,41,43)/b42-29-/t23-,24+,25-,26-,30-,31-,35-,36+,37+/m1/s1. The highest BCUT2D eigenvalue weighted by atomic mass is 35.5. The van der Waals surface area contributed by atoms with E-state index < -0.39 is 0 Å². The molecule has 9 atom stereocenters. The molecule has 1 N–H and O–H groups in total. The third-order valence-corrected chi connectivity index (χ3v) is 14.6. The van der Waals surface area contributed by atoms with E-state index in [4.69, 9.17) is 31.7 Å². The molecule has 7 rings (SSSR count). The quantitative estimate of drug-likeness (QED) is 0.208. The number of hydrazone groups is 1. The molecular formula is C37H52ClN5S. The van der Waals surface area contributed by atoms with Crippen molar-refractivity contribution >= 4 is 55.3 Å². The van der Waals surface area contributed by atoms with Gasteiger partial charge >= 0.3 is 0 Å². The molecule has 7 heteroatoms. The van der Waals surface area contributed by atoms with Crippen molar-refractivity contribution in [3.05, 3.63) is 24.3 Å². The normalized spacial score (nSPS) is 38.5. The lowest BCUT2D eigenvalue weighted by Crippen LogP contribution is -2.61. The van der Waals surface area contributed by atoms with E-state index in [0.29, 0.717) is 17.0 Å². The van der Waals surface area contributed by atoms with Crippen molar-refractivity contribution in [2.24, 2.45) is 56.9 Å². The van der Waals surface area contributed by atoms with Crippen LogP contribution < -0.4 is 5.43 Å². The average Bonchev–Trinajstić information content (AvgIpc) is 3.55. The fourth-order valence-electron chi connectivity index (χ4n) is 11.4. The van der Waals surface area contributed by atoms with Gasteiger partial charge in [-0.1, -0.05) is 84.3 Å².